The van der Waals surface area contributed by atoms with Crippen molar-refractivity contribution in [3.05, 3.63) is 71.4 Å². The molecular formula is C18H17F2N3O. The lowest BCUT2D eigenvalue weighted by atomic mass is 10.1. The van der Waals surface area contributed by atoms with E-state index in [4.69, 9.17) is 11.1 Å². The van der Waals surface area contributed by atoms with Gasteiger partial charge in [-0.2, -0.15) is 0 Å². The average Bonchev–Trinajstić information content (AvgIpc) is 2.52. The quantitative estimate of drug-likeness (QED) is 0.430. The van der Waals surface area contributed by atoms with Gasteiger partial charge in [0.25, 0.3) is 0 Å². The summed E-state index contributed by atoms with van der Waals surface area (Å²) in [4.78, 5) is 11.9. The fourth-order valence-corrected chi connectivity index (χ4v) is 2.04. The summed E-state index contributed by atoms with van der Waals surface area (Å²) in [5, 5.41) is 10.4. The molecule has 2 aromatic carbocycles. The first-order valence-corrected chi connectivity index (χ1v) is 7.21. The maximum Gasteiger partial charge on any atom is 0.201 e. The Hall–Kier alpha value is -3.02. The van der Waals surface area contributed by atoms with Crippen molar-refractivity contribution in [1.29, 1.82) is 5.41 Å². The highest BCUT2D eigenvalue weighted by Gasteiger charge is 2.08. The standard InChI is InChI=1S/C18H17F2N3O/c1-11-15(19)9-14(10-16(11)20)23-6-5-18(24)17(22)8-12-3-2-4-13(21)7-12/h2-7,9-10,22-23H,8,21H2,1H3/b6-5-,22-17?. The predicted octanol–water partition coefficient (Wildman–Crippen LogP) is 3.61. The zero-order valence-electron chi connectivity index (χ0n) is 13.1. The topological polar surface area (TPSA) is 79.0 Å². The van der Waals surface area contributed by atoms with E-state index in [0.717, 1.165) is 23.8 Å². The van der Waals surface area contributed by atoms with E-state index in [2.05, 4.69) is 5.32 Å². The number of benzene rings is 2. The zero-order valence-corrected chi connectivity index (χ0v) is 13.1. The van der Waals surface area contributed by atoms with Crippen molar-refractivity contribution in [2.45, 2.75) is 13.3 Å². The third-order valence-corrected chi connectivity index (χ3v) is 3.40. The molecule has 0 amide bonds. The van der Waals surface area contributed by atoms with Crippen molar-refractivity contribution >= 4 is 22.9 Å². The molecule has 4 nitrogen and oxygen atoms in total. The van der Waals surface area contributed by atoms with E-state index < -0.39 is 17.4 Å². The first-order valence-electron chi connectivity index (χ1n) is 7.21. The van der Waals surface area contributed by atoms with Crippen LogP contribution in [0.2, 0.25) is 0 Å². The van der Waals surface area contributed by atoms with Gasteiger partial charge in [0.15, 0.2) is 0 Å². The highest BCUT2D eigenvalue weighted by atomic mass is 19.1. The Morgan fingerprint density at radius 2 is 1.92 bits per heavy atom. The van der Waals surface area contributed by atoms with Crippen LogP contribution >= 0.6 is 0 Å². The van der Waals surface area contributed by atoms with Crippen molar-refractivity contribution < 1.29 is 13.6 Å². The van der Waals surface area contributed by atoms with Gasteiger partial charge in [-0.3, -0.25) is 4.79 Å². The summed E-state index contributed by atoms with van der Waals surface area (Å²) in [5.41, 5.74) is 6.98. The number of ketones is 1. The van der Waals surface area contributed by atoms with Crippen molar-refractivity contribution in [1.82, 2.24) is 0 Å². The Bertz CT molecular complexity index is 793. The maximum absolute atomic E-state index is 13.4. The molecule has 0 heterocycles. The summed E-state index contributed by atoms with van der Waals surface area (Å²) < 4.78 is 26.8. The normalized spacial score (nSPS) is 10.8. The summed E-state index contributed by atoms with van der Waals surface area (Å²) in [5.74, 6) is -1.85. The van der Waals surface area contributed by atoms with E-state index in [1.165, 1.54) is 13.1 Å². The molecule has 124 valence electrons. The first kappa shape index (κ1) is 17.3. The minimum Gasteiger partial charge on any atom is -0.399 e. The Morgan fingerprint density at radius 3 is 2.54 bits per heavy atom. The molecule has 0 unspecified atom stereocenters. The lowest BCUT2D eigenvalue weighted by Gasteiger charge is -2.05. The number of halogens is 2. The average molecular weight is 329 g/mol. The number of hydrogen-bond acceptors (Lipinski definition) is 4. The Labute approximate surface area is 138 Å². The summed E-state index contributed by atoms with van der Waals surface area (Å²) >= 11 is 0. The van der Waals surface area contributed by atoms with Crippen LogP contribution in [-0.4, -0.2) is 11.5 Å². The lowest BCUT2D eigenvalue weighted by Crippen LogP contribution is -2.13. The maximum atomic E-state index is 13.4. The van der Waals surface area contributed by atoms with E-state index in [-0.39, 0.29) is 23.4 Å². The zero-order chi connectivity index (χ0) is 17.7. The summed E-state index contributed by atoms with van der Waals surface area (Å²) in [6.45, 7) is 1.34. The highest BCUT2D eigenvalue weighted by Crippen LogP contribution is 2.17. The fraction of sp³-hybridized carbons (Fsp3) is 0.111. The Kier molecular flexibility index (Phi) is 5.42. The van der Waals surface area contributed by atoms with E-state index in [1.54, 1.807) is 24.3 Å². The predicted molar refractivity (Wildman–Crippen MR) is 91.1 cm³/mol. The van der Waals surface area contributed by atoms with Crippen molar-refractivity contribution in [2.75, 3.05) is 11.1 Å². The van der Waals surface area contributed by atoms with Gasteiger partial charge in [0, 0.05) is 35.6 Å². The fourth-order valence-electron chi connectivity index (χ4n) is 2.04. The van der Waals surface area contributed by atoms with Gasteiger partial charge >= 0.3 is 0 Å². The van der Waals surface area contributed by atoms with Gasteiger partial charge in [-0.15, -0.1) is 0 Å². The summed E-state index contributed by atoms with van der Waals surface area (Å²) in [7, 11) is 0. The molecule has 0 saturated heterocycles. The SMILES string of the molecule is Cc1c(F)cc(N/C=C\C(=O)C(=N)Cc2cccc(N)c2)cc1F. The van der Waals surface area contributed by atoms with Crippen LogP contribution in [0.5, 0.6) is 0 Å². The molecule has 0 fully saturated rings. The van der Waals surface area contributed by atoms with E-state index in [1.807, 2.05) is 0 Å². The molecule has 6 heteroatoms. The molecule has 2 rings (SSSR count). The number of carbonyl (C=O) groups excluding carboxylic acids is 1. The highest BCUT2D eigenvalue weighted by molar-refractivity contribution is 6.43. The molecular weight excluding hydrogens is 312 g/mol. The Morgan fingerprint density at radius 1 is 1.25 bits per heavy atom. The number of allylic oxidation sites excluding steroid dienone is 1. The molecule has 0 aliphatic rings. The molecule has 0 radical (unpaired) electrons. The summed E-state index contributed by atoms with van der Waals surface area (Å²) in [6, 6.07) is 9.20. The minimum absolute atomic E-state index is 0.0653. The second-order valence-electron chi connectivity index (χ2n) is 5.31. The number of nitrogens with one attached hydrogen (secondary N) is 2. The van der Waals surface area contributed by atoms with Gasteiger partial charge in [-0.25, -0.2) is 8.78 Å². The van der Waals surface area contributed by atoms with Crippen LogP contribution in [0.25, 0.3) is 0 Å². The molecule has 0 atom stereocenters. The van der Waals surface area contributed by atoms with Crippen molar-refractivity contribution in [2.24, 2.45) is 0 Å². The van der Waals surface area contributed by atoms with E-state index in [0.29, 0.717) is 5.69 Å². The van der Waals surface area contributed by atoms with Crippen LogP contribution in [0.1, 0.15) is 11.1 Å². The smallest absolute Gasteiger partial charge is 0.201 e. The minimum atomic E-state index is -0.674. The van der Waals surface area contributed by atoms with Gasteiger partial charge in [0.05, 0.1) is 5.71 Å². The lowest BCUT2D eigenvalue weighted by molar-refractivity contribution is -0.109. The van der Waals surface area contributed by atoms with Gasteiger partial charge in [0.1, 0.15) is 11.6 Å². The first-order chi connectivity index (χ1) is 11.4. The van der Waals surface area contributed by atoms with Crippen LogP contribution < -0.4 is 11.1 Å². The van der Waals surface area contributed by atoms with Crippen LogP contribution in [0.3, 0.4) is 0 Å². The largest absolute Gasteiger partial charge is 0.399 e. The number of carbonyl (C=O) groups is 1. The van der Waals surface area contributed by atoms with Crippen LogP contribution in [0.4, 0.5) is 20.2 Å². The van der Waals surface area contributed by atoms with Crippen LogP contribution in [0.15, 0.2) is 48.7 Å². The molecule has 0 bridgehead atoms. The number of anilines is 2. The van der Waals surface area contributed by atoms with Crippen LogP contribution in [-0.2, 0) is 11.2 Å². The molecule has 0 saturated carbocycles. The van der Waals surface area contributed by atoms with Crippen LogP contribution in [0, 0.1) is 24.0 Å². The summed E-state index contributed by atoms with van der Waals surface area (Å²) in [6.07, 6.45) is 2.55. The number of nitrogen functional groups attached to an aromatic ring is 1. The Balaban J connectivity index is 1.96. The molecule has 0 spiro atoms. The molecule has 0 aliphatic heterocycles. The van der Waals surface area contributed by atoms with Gasteiger partial charge < -0.3 is 16.5 Å². The van der Waals surface area contributed by atoms with Gasteiger partial charge in [-0.1, -0.05) is 12.1 Å². The van der Waals surface area contributed by atoms with Crippen molar-refractivity contribution in [3.8, 4) is 0 Å². The number of hydrogen-bond donors (Lipinski definition) is 3. The van der Waals surface area contributed by atoms with Gasteiger partial charge in [0.2, 0.25) is 5.78 Å². The van der Waals surface area contributed by atoms with E-state index >= 15 is 0 Å². The van der Waals surface area contributed by atoms with Crippen molar-refractivity contribution in [3.63, 3.8) is 0 Å². The van der Waals surface area contributed by atoms with Gasteiger partial charge in [-0.05, 0) is 36.8 Å². The number of rotatable bonds is 6. The second-order valence-corrected chi connectivity index (χ2v) is 5.31. The second kappa shape index (κ2) is 7.50. The molecule has 2 aromatic rings. The third-order valence-electron chi connectivity index (χ3n) is 3.40. The monoisotopic (exact) mass is 329 g/mol. The molecule has 24 heavy (non-hydrogen) atoms. The third kappa shape index (κ3) is 4.49. The molecule has 4 N–H and O–H groups in total. The number of nitrogens with two attached hydrogens (primary N) is 1. The molecule has 0 aromatic heterocycles. The van der Waals surface area contributed by atoms with E-state index in [9.17, 15) is 13.6 Å². The molecule has 0 aliphatic carbocycles.